The van der Waals surface area contributed by atoms with E-state index in [2.05, 4.69) is 22.0 Å². The third-order valence-corrected chi connectivity index (χ3v) is 4.47. The van der Waals surface area contributed by atoms with Crippen molar-refractivity contribution in [2.24, 2.45) is 5.92 Å². The Morgan fingerprint density at radius 3 is 2.74 bits per heavy atom. The quantitative estimate of drug-likeness (QED) is 0.943. The zero-order chi connectivity index (χ0) is 16.1. The highest BCUT2D eigenvalue weighted by molar-refractivity contribution is 5.29. The monoisotopic (exact) mass is 307 g/mol. The fraction of sp³-hybridized carbons (Fsp3) is 0.368. The maximum absolute atomic E-state index is 9.55. The van der Waals surface area contributed by atoms with Gasteiger partial charge in [0, 0.05) is 18.9 Å². The number of pyridine rings is 1. The second kappa shape index (κ2) is 7.26. The van der Waals surface area contributed by atoms with Gasteiger partial charge in [-0.25, -0.2) is 0 Å². The number of aromatic nitrogens is 1. The molecule has 23 heavy (non-hydrogen) atoms. The number of hydrogen-bond donors (Lipinski definition) is 1. The van der Waals surface area contributed by atoms with Crippen molar-refractivity contribution in [1.29, 1.82) is 5.26 Å². The van der Waals surface area contributed by atoms with Crippen molar-refractivity contribution in [3.05, 3.63) is 59.4 Å². The highest BCUT2D eigenvalue weighted by atomic mass is 16.3. The molecule has 0 saturated carbocycles. The van der Waals surface area contributed by atoms with E-state index in [0.29, 0.717) is 17.2 Å². The Kier molecular flexibility index (Phi) is 4.89. The Bertz CT molecular complexity index is 700. The molecule has 1 aromatic heterocycles. The summed E-state index contributed by atoms with van der Waals surface area (Å²) in [6.07, 6.45) is 6.82. The van der Waals surface area contributed by atoms with Crippen LogP contribution in [0, 0.1) is 17.2 Å². The summed E-state index contributed by atoms with van der Waals surface area (Å²) in [5.41, 5.74) is 2.95. The fourth-order valence-corrected chi connectivity index (χ4v) is 3.26. The van der Waals surface area contributed by atoms with Crippen LogP contribution < -0.4 is 0 Å². The first-order chi connectivity index (χ1) is 11.2. The Morgan fingerprint density at radius 1 is 1.17 bits per heavy atom. The molecule has 1 aliphatic rings. The van der Waals surface area contributed by atoms with Gasteiger partial charge in [-0.2, -0.15) is 5.26 Å². The average molecular weight is 307 g/mol. The summed E-state index contributed by atoms with van der Waals surface area (Å²) in [5.74, 6) is 1.03. The lowest BCUT2D eigenvalue weighted by Gasteiger charge is -2.32. The van der Waals surface area contributed by atoms with E-state index in [0.717, 1.165) is 31.6 Å². The second-order valence-electron chi connectivity index (χ2n) is 6.29. The molecule has 3 rings (SSSR count). The molecule has 0 amide bonds. The van der Waals surface area contributed by atoms with Gasteiger partial charge < -0.3 is 5.11 Å². The number of hydrogen-bond acceptors (Lipinski definition) is 4. The van der Waals surface area contributed by atoms with Crippen LogP contribution in [0.4, 0.5) is 0 Å². The van der Waals surface area contributed by atoms with Crippen molar-refractivity contribution in [2.45, 2.75) is 25.8 Å². The fourth-order valence-electron chi connectivity index (χ4n) is 3.26. The number of aromatic hydroxyl groups is 1. The molecule has 4 nitrogen and oxygen atoms in total. The zero-order valence-electron chi connectivity index (χ0n) is 13.2. The number of nitrogens with zero attached hydrogens (tertiary/aromatic N) is 3. The summed E-state index contributed by atoms with van der Waals surface area (Å²) in [5, 5.41) is 18.5. The highest BCUT2D eigenvalue weighted by Gasteiger charge is 2.19. The summed E-state index contributed by atoms with van der Waals surface area (Å²) in [6.45, 7) is 3.00. The highest BCUT2D eigenvalue weighted by Crippen LogP contribution is 2.24. The van der Waals surface area contributed by atoms with Crippen LogP contribution >= 0.6 is 0 Å². The molecule has 0 atom stereocenters. The molecule has 1 aromatic carbocycles. The van der Waals surface area contributed by atoms with Gasteiger partial charge in [-0.15, -0.1) is 0 Å². The van der Waals surface area contributed by atoms with Gasteiger partial charge in [0.25, 0.3) is 0 Å². The molecular formula is C19H21N3O. The Hall–Kier alpha value is -2.38. The lowest BCUT2D eigenvalue weighted by Crippen LogP contribution is -2.33. The number of phenols is 1. The minimum atomic E-state index is 0.352. The number of piperidine rings is 1. The van der Waals surface area contributed by atoms with Crippen LogP contribution in [0.2, 0.25) is 0 Å². The number of likely N-dealkylation sites (tertiary alicyclic amines) is 1. The Balaban J connectivity index is 1.51. The second-order valence-corrected chi connectivity index (χ2v) is 6.29. The topological polar surface area (TPSA) is 60.2 Å². The predicted octanol–water partition coefficient (Wildman–Crippen LogP) is 3.11. The molecule has 1 saturated heterocycles. The number of phenolic OH excluding ortho intramolecular Hbond substituents is 1. The maximum Gasteiger partial charge on any atom is 0.115 e. The van der Waals surface area contributed by atoms with Crippen LogP contribution in [0.3, 0.4) is 0 Å². The number of nitriles is 1. The molecule has 1 N–H and O–H groups in total. The first-order valence-corrected chi connectivity index (χ1v) is 8.07. The molecule has 1 aliphatic heterocycles. The van der Waals surface area contributed by atoms with Crippen molar-refractivity contribution in [3.63, 3.8) is 0 Å². The van der Waals surface area contributed by atoms with E-state index in [9.17, 15) is 5.11 Å². The third-order valence-electron chi connectivity index (χ3n) is 4.47. The van der Waals surface area contributed by atoms with E-state index in [4.69, 9.17) is 5.26 Å². The van der Waals surface area contributed by atoms with Crippen molar-refractivity contribution >= 4 is 0 Å². The van der Waals surface area contributed by atoms with Crippen LogP contribution in [-0.4, -0.2) is 28.1 Å². The lowest BCUT2D eigenvalue weighted by molar-refractivity contribution is 0.177. The van der Waals surface area contributed by atoms with E-state index in [1.165, 1.54) is 18.4 Å². The molecule has 0 bridgehead atoms. The summed E-state index contributed by atoms with van der Waals surface area (Å²) in [4.78, 5) is 6.55. The Morgan fingerprint density at radius 2 is 2.00 bits per heavy atom. The summed E-state index contributed by atoms with van der Waals surface area (Å²) in [6, 6.07) is 11.6. The first kappa shape index (κ1) is 15.5. The van der Waals surface area contributed by atoms with Gasteiger partial charge in [0.05, 0.1) is 5.56 Å². The molecule has 2 aromatic rings. The molecule has 0 spiro atoms. The van der Waals surface area contributed by atoms with Crippen molar-refractivity contribution < 1.29 is 5.11 Å². The first-order valence-electron chi connectivity index (χ1n) is 8.07. The van der Waals surface area contributed by atoms with Crippen LogP contribution in [0.25, 0.3) is 0 Å². The molecule has 2 heterocycles. The molecule has 0 aliphatic carbocycles. The van der Waals surface area contributed by atoms with Crippen LogP contribution in [0.1, 0.15) is 29.5 Å². The van der Waals surface area contributed by atoms with Crippen molar-refractivity contribution in [1.82, 2.24) is 9.88 Å². The normalized spacial score (nSPS) is 16.1. The molecule has 0 radical (unpaired) electrons. The third kappa shape index (κ3) is 4.30. The van der Waals surface area contributed by atoms with Gasteiger partial charge in [-0.1, -0.05) is 12.1 Å². The van der Waals surface area contributed by atoms with E-state index in [1.54, 1.807) is 12.3 Å². The van der Waals surface area contributed by atoms with Gasteiger partial charge in [0.1, 0.15) is 11.8 Å². The summed E-state index contributed by atoms with van der Waals surface area (Å²) in [7, 11) is 0. The Labute approximate surface area is 137 Å². The standard InChI is InChI=1S/C19H21N3O/c20-11-17-9-18(13-21-12-17)14-22-6-4-15(5-7-22)8-16-2-1-3-19(23)10-16/h1-3,9-10,12-13,15,23H,4-8,14H2. The lowest BCUT2D eigenvalue weighted by atomic mass is 9.90. The summed E-state index contributed by atoms with van der Waals surface area (Å²) < 4.78 is 0. The molecule has 0 unspecified atom stereocenters. The van der Waals surface area contributed by atoms with E-state index >= 15 is 0 Å². The van der Waals surface area contributed by atoms with Gasteiger partial charge in [0.2, 0.25) is 0 Å². The molecule has 1 fully saturated rings. The van der Waals surface area contributed by atoms with Gasteiger partial charge in [-0.3, -0.25) is 9.88 Å². The van der Waals surface area contributed by atoms with Crippen LogP contribution in [0.5, 0.6) is 5.75 Å². The minimum Gasteiger partial charge on any atom is -0.508 e. The van der Waals surface area contributed by atoms with E-state index in [1.807, 2.05) is 24.4 Å². The number of benzene rings is 1. The van der Waals surface area contributed by atoms with Crippen molar-refractivity contribution in [3.8, 4) is 11.8 Å². The smallest absolute Gasteiger partial charge is 0.115 e. The van der Waals surface area contributed by atoms with Gasteiger partial charge >= 0.3 is 0 Å². The minimum absolute atomic E-state index is 0.352. The largest absolute Gasteiger partial charge is 0.508 e. The van der Waals surface area contributed by atoms with Crippen molar-refractivity contribution in [2.75, 3.05) is 13.1 Å². The molecule has 118 valence electrons. The zero-order valence-corrected chi connectivity index (χ0v) is 13.2. The predicted molar refractivity (Wildman–Crippen MR) is 88.8 cm³/mol. The SMILES string of the molecule is N#Cc1cncc(CN2CCC(Cc3cccc(O)c3)CC2)c1. The maximum atomic E-state index is 9.55. The van der Waals surface area contributed by atoms with Crippen LogP contribution in [-0.2, 0) is 13.0 Å². The van der Waals surface area contributed by atoms with Crippen LogP contribution in [0.15, 0.2) is 42.7 Å². The summed E-state index contributed by atoms with van der Waals surface area (Å²) >= 11 is 0. The van der Waals surface area contributed by atoms with Gasteiger partial charge in [0.15, 0.2) is 0 Å². The van der Waals surface area contributed by atoms with Gasteiger partial charge in [-0.05, 0) is 67.6 Å². The molecular weight excluding hydrogens is 286 g/mol. The number of rotatable bonds is 4. The van der Waals surface area contributed by atoms with E-state index in [-0.39, 0.29) is 0 Å². The average Bonchev–Trinajstić information content (AvgIpc) is 2.57. The molecule has 4 heteroatoms. The van der Waals surface area contributed by atoms with E-state index < -0.39 is 0 Å².